The van der Waals surface area contributed by atoms with Gasteiger partial charge >= 0.3 is 0 Å². The van der Waals surface area contributed by atoms with Crippen LogP contribution in [0, 0.1) is 5.92 Å². The van der Waals surface area contributed by atoms with E-state index in [9.17, 15) is 13.2 Å². The van der Waals surface area contributed by atoms with E-state index in [-0.39, 0.29) is 10.8 Å². The Morgan fingerprint density at radius 2 is 1.86 bits per heavy atom. The zero-order valence-corrected chi connectivity index (χ0v) is 14.8. The topological polar surface area (TPSA) is 75.3 Å². The van der Waals surface area contributed by atoms with E-state index in [1.807, 2.05) is 0 Å². The summed E-state index contributed by atoms with van der Waals surface area (Å²) in [4.78, 5) is 12.2. The molecule has 0 aliphatic heterocycles. The Balaban J connectivity index is 2.88. The fourth-order valence-electron chi connectivity index (χ4n) is 1.84. The third-order valence-electron chi connectivity index (χ3n) is 2.85. The number of carbonyl (C=O) groups excluding carboxylic acids is 1. The number of hydrogen-bond acceptors (Lipinski definition) is 3. The normalized spacial score (nSPS) is 12.5. The smallest absolute Gasteiger partial charge is 0.251 e. The lowest BCUT2D eigenvalue weighted by Crippen LogP contribution is -2.40. The number of rotatable bonds is 6. The third-order valence-corrected chi connectivity index (χ3v) is 4.61. The first kappa shape index (κ1) is 18.6. The zero-order chi connectivity index (χ0) is 17.0. The molecule has 0 aliphatic rings. The van der Waals surface area contributed by atoms with Gasteiger partial charge in [0, 0.05) is 17.6 Å². The minimum Gasteiger partial charge on any atom is -0.352 e. The fraction of sp³-hybridized carbons (Fsp3) is 0.562. The van der Waals surface area contributed by atoms with Crippen molar-refractivity contribution >= 4 is 15.9 Å². The predicted octanol–water partition coefficient (Wildman–Crippen LogP) is 2.54. The number of amides is 1. The molecule has 0 bridgehead atoms. The molecule has 0 aromatic heterocycles. The summed E-state index contributed by atoms with van der Waals surface area (Å²) in [5.74, 6) is 0.247. The summed E-state index contributed by atoms with van der Waals surface area (Å²) >= 11 is 0. The molecule has 1 rings (SSSR count). The van der Waals surface area contributed by atoms with Crippen LogP contribution in [0.3, 0.4) is 0 Å². The fourth-order valence-corrected chi connectivity index (χ4v) is 3.31. The minimum atomic E-state index is -3.64. The molecular weight excluding hydrogens is 300 g/mol. The van der Waals surface area contributed by atoms with Gasteiger partial charge in [0.25, 0.3) is 5.91 Å². The molecule has 0 atom stereocenters. The van der Waals surface area contributed by atoms with Crippen LogP contribution in [-0.2, 0) is 10.0 Å². The second-order valence-electron chi connectivity index (χ2n) is 6.82. The van der Waals surface area contributed by atoms with E-state index in [2.05, 4.69) is 23.9 Å². The number of carbonyl (C=O) groups is 1. The van der Waals surface area contributed by atoms with E-state index in [4.69, 9.17) is 0 Å². The van der Waals surface area contributed by atoms with Crippen molar-refractivity contribution in [3.05, 3.63) is 29.8 Å². The van der Waals surface area contributed by atoms with E-state index >= 15 is 0 Å². The van der Waals surface area contributed by atoms with E-state index < -0.39 is 15.6 Å². The first-order valence-corrected chi connectivity index (χ1v) is 8.92. The molecule has 2 N–H and O–H groups in total. The maximum Gasteiger partial charge on any atom is 0.251 e. The number of hydrogen-bond donors (Lipinski definition) is 2. The van der Waals surface area contributed by atoms with Crippen LogP contribution in [0.5, 0.6) is 0 Å². The number of nitrogens with one attached hydrogen (secondary N) is 2. The Hall–Kier alpha value is -1.40. The lowest BCUT2D eigenvalue weighted by Gasteiger charge is -2.20. The molecule has 22 heavy (non-hydrogen) atoms. The van der Waals surface area contributed by atoms with E-state index in [0.29, 0.717) is 18.0 Å². The average molecular weight is 326 g/mol. The maximum atomic E-state index is 12.3. The molecule has 1 aromatic carbocycles. The van der Waals surface area contributed by atoms with Gasteiger partial charge in [-0.3, -0.25) is 4.79 Å². The van der Waals surface area contributed by atoms with Crippen molar-refractivity contribution in [2.45, 2.75) is 51.5 Å². The molecule has 0 saturated heterocycles. The summed E-state index contributed by atoms with van der Waals surface area (Å²) in [5, 5.41) is 2.80. The molecule has 0 saturated carbocycles. The molecule has 0 radical (unpaired) electrons. The van der Waals surface area contributed by atoms with Crippen molar-refractivity contribution in [1.29, 1.82) is 0 Å². The van der Waals surface area contributed by atoms with Gasteiger partial charge in [0.05, 0.1) is 4.90 Å². The van der Waals surface area contributed by atoms with Gasteiger partial charge in [-0.25, -0.2) is 13.1 Å². The predicted molar refractivity (Wildman–Crippen MR) is 88.3 cm³/mol. The molecule has 0 aliphatic carbocycles. The molecule has 0 spiro atoms. The lowest BCUT2D eigenvalue weighted by molar-refractivity contribution is 0.0952. The van der Waals surface area contributed by atoms with Gasteiger partial charge in [-0.2, -0.15) is 0 Å². The maximum absolute atomic E-state index is 12.3. The third kappa shape index (κ3) is 6.15. The van der Waals surface area contributed by atoms with E-state index in [1.54, 1.807) is 32.9 Å². The summed E-state index contributed by atoms with van der Waals surface area (Å²) < 4.78 is 27.1. The SMILES string of the molecule is CC(C)CCNC(=O)c1cccc(S(=O)(=O)NC(C)(C)C)c1. The molecule has 6 heteroatoms. The molecule has 0 unspecified atom stereocenters. The monoisotopic (exact) mass is 326 g/mol. The van der Waals surface area contributed by atoms with Crippen LogP contribution in [0.1, 0.15) is 51.4 Å². The molecular formula is C16H26N2O3S. The molecule has 0 heterocycles. The van der Waals surface area contributed by atoms with Crippen molar-refractivity contribution in [3.8, 4) is 0 Å². The van der Waals surface area contributed by atoms with Crippen LogP contribution >= 0.6 is 0 Å². The standard InChI is InChI=1S/C16H26N2O3S/c1-12(2)9-10-17-15(19)13-7-6-8-14(11-13)22(20,21)18-16(3,4)5/h6-8,11-12,18H,9-10H2,1-5H3,(H,17,19). The first-order chi connectivity index (χ1) is 10.0. The van der Waals surface area contributed by atoms with Gasteiger partial charge in [-0.1, -0.05) is 19.9 Å². The molecule has 1 aromatic rings. The molecule has 5 nitrogen and oxygen atoms in total. The Bertz CT molecular complexity index is 617. The van der Waals surface area contributed by atoms with Crippen LogP contribution in [0.4, 0.5) is 0 Å². The zero-order valence-electron chi connectivity index (χ0n) is 13.9. The van der Waals surface area contributed by atoms with Crippen molar-refractivity contribution in [3.63, 3.8) is 0 Å². The molecule has 0 fully saturated rings. The second-order valence-corrected chi connectivity index (χ2v) is 8.50. The number of sulfonamides is 1. The van der Waals surface area contributed by atoms with Gasteiger partial charge in [-0.15, -0.1) is 0 Å². The molecule has 124 valence electrons. The van der Waals surface area contributed by atoms with Gasteiger partial charge < -0.3 is 5.32 Å². The van der Waals surface area contributed by atoms with Gasteiger partial charge in [0.1, 0.15) is 0 Å². The van der Waals surface area contributed by atoms with Crippen molar-refractivity contribution < 1.29 is 13.2 Å². The highest BCUT2D eigenvalue weighted by Crippen LogP contribution is 2.14. The van der Waals surface area contributed by atoms with E-state index in [0.717, 1.165) is 6.42 Å². The van der Waals surface area contributed by atoms with Gasteiger partial charge in [-0.05, 0) is 51.3 Å². The van der Waals surface area contributed by atoms with Crippen molar-refractivity contribution in [1.82, 2.24) is 10.0 Å². The van der Waals surface area contributed by atoms with Gasteiger partial charge in [0.15, 0.2) is 0 Å². The Morgan fingerprint density at radius 1 is 1.23 bits per heavy atom. The van der Waals surface area contributed by atoms with Gasteiger partial charge in [0.2, 0.25) is 10.0 Å². The van der Waals surface area contributed by atoms with Crippen LogP contribution < -0.4 is 10.0 Å². The molecule has 1 amide bonds. The van der Waals surface area contributed by atoms with Crippen LogP contribution in [0.25, 0.3) is 0 Å². The summed E-state index contributed by atoms with van der Waals surface area (Å²) in [7, 11) is -3.64. The summed E-state index contributed by atoms with van der Waals surface area (Å²) in [6.07, 6.45) is 0.884. The highest BCUT2D eigenvalue weighted by molar-refractivity contribution is 7.89. The minimum absolute atomic E-state index is 0.0962. The summed E-state index contributed by atoms with van der Waals surface area (Å²) in [6.45, 7) is 10.1. The average Bonchev–Trinajstić information content (AvgIpc) is 2.35. The van der Waals surface area contributed by atoms with E-state index in [1.165, 1.54) is 12.1 Å². The summed E-state index contributed by atoms with van der Waals surface area (Å²) in [5.41, 5.74) is -0.227. The van der Waals surface area contributed by atoms with Crippen molar-refractivity contribution in [2.24, 2.45) is 5.92 Å². The van der Waals surface area contributed by atoms with Crippen LogP contribution in [0.2, 0.25) is 0 Å². The lowest BCUT2D eigenvalue weighted by atomic mass is 10.1. The van der Waals surface area contributed by atoms with Crippen LogP contribution in [0.15, 0.2) is 29.2 Å². The number of benzene rings is 1. The largest absolute Gasteiger partial charge is 0.352 e. The Labute approximate surface area is 133 Å². The highest BCUT2D eigenvalue weighted by atomic mass is 32.2. The first-order valence-electron chi connectivity index (χ1n) is 7.43. The second kappa shape index (κ2) is 7.24. The van der Waals surface area contributed by atoms with Crippen molar-refractivity contribution in [2.75, 3.05) is 6.54 Å². The van der Waals surface area contributed by atoms with Crippen LogP contribution in [-0.4, -0.2) is 26.4 Å². The Morgan fingerprint density at radius 3 is 2.41 bits per heavy atom. The highest BCUT2D eigenvalue weighted by Gasteiger charge is 2.22. The summed E-state index contributed by atoms with van der Waals surface area (Å²) in [6, 6.07) is 6.08. The Kier molecular flexibility index (Phi) is 6.14. The quantitative estimate of drug-likeness (QED) is 0.843.